The van der Waals surface area contributed by atoms with E-state index < -0.39 is 0 Å². The number of hydrogen-bond acceptors (Lipinski definition) is 7. The highest BCUT2D eigenvalue weighted by Crippen LogP contribution is 2.31. The van der Waals surface area contributed by atoms with Crippen molar-refractivity contribution < 1.29 is 9.53 Å². The fraction of sp³-hybridized carbons (Fsp3) is 0.211. The molecule has 0 bridgehead atoms. The Balaban J connectivity index is 1.58. The molecule has 2 aromatic carbocycles. The van der Waals surface area contributed by atoms with Crippen LogP contribution in [-0.4, -0.2) is 28.5 Å². The van der Waals surface area contributed by atoms with Crippen molar-refractivity contribution in [2.75, 3.05) is 17.7 Å². The predicted octanol–water partition coefficient (Wildman–Crippen LogP) is 4.72. The Morgan fingerprint density at radius 1 is 1.15 bits per heavy atom. The molecule has 0 unspecified atom stereocenters. The SMILES string of the molecule is COc1cccc(NC(=O)[C@H](C)Sc2nnc(Nc3cccc(C)c3)s2)c1. The fourth-order valence-corrected chi connectivity index (χ4v) is 4.22. The molecule has 6 nitrogen and oxygen atoms in total. The second-order valence-corrected chi connectivity index (χ2v) is 8.41. The first kappa shape index (κ1) is 19.2. The maximum atomic E-state index is 12.4. The van der Waals surface area contributed by atoms with Gasteiger partial charge in [0.25, 0.3) is 0 Å². The van der Waals surface area contributed by atoms with Gasteiger partial charge < -0.3 is 15.4 Å². The van der Waals surface area contributed by atoms with Gasteiger partial charge in [0.2, 0.25) is 11.0 Å². The van der Waals surface area contributed by atoms with Crippen LogP contribution in [0.4, 0.5) is 16.5 Å². The van der Waals surface area contributed by atoms with Gasteiger partial charge in [-0.3, -0.25) is 4.79 Å². The Morgan fingerprint density at radius 3 is 2.70 bits per heavy atom. The first-order valence-corrected chi connectivity index (χ1v) is 10.0. The van der Waals surface area contributed by atoms with Crippen LogP contribution in [0.3, 0.4) is 0 Å². The van der Waals surface area contributed by atoms with Gasteiger partial charge in [-0.05, 0) is 43.7 Å². The third-order valence-electron chi connectivity index (χ3n) is 3.66. The zero-order valence-electron chi connectivity index (χ0n) is 15.2. The van der Waals surface area contributed by atoms with Gasteiger partial charge in [-0.15, -0.1) is 10.2 Å². The lowest BCUT2D eigenvalue weighted by molar-refractivity contribution is -0.115. The van der Waals surface area contributed by atoms with Crippen LogP contribution in [0, 0.1) is 6.92 Å². The summed E-state index contributed by atoms with van der Waals surface area (Å²) < 4.78 is 5.91. The molecule has 1 aromatic heterocycles. The number of amides is 1. The minimum Gasteiger partial charge on any atom is -0.497 e. The van der Waals surface area contributed by atoms with Gasteiger partial charge in [0, 0.05) is 17.4 Å². The highest BCUT2D eigenvalue weighted by Gasteiger charge is 2.17. The molecule has 0 radical (unpaired) electrons. The second kappa shape index (κ2) is 8.88. The van der Waals surface area contributed by atoms with Gasteiger partial charge in [0.05, 0.1) is 12.4 Å². The zero-order chi connectivity index (χ0) is 19.2. The first-order chi connectivity index (χ1) is 13.0. The molecule has 27 heavy (non-hydrogen) atoms. The Labute approximate surface area is 166 Å². The summed E-state index contributed by atoms with van der Waals surface area (Å²) in [5, 5.41) is 14.8. The van der Waals surface area contributed by atoms with E-state index in [2.05, 4.69) is 20.8 Å². The molecule has 0 fully saturated rings. The van der Waals surface area contributed by atoms with Crippen molar-refractivity contribution in [2.45, 2.75) is 23.4 Å². The van der Waals surface area contributed by atoms with Crippen LogP contribution < -0.4 is 15.4 Å². The van der Waals surface area contributed by atoms with E-state index in [1.807, 2.05) is 56.3 Å². The highest BCUT2D eigenvalue weighted by atomic mass is 32.2. The van der Waals surface area contributed by atoms with Crippen LogP contribution >= 0.6 is 23.1 Å². The maximum absolute atomic E-state index is 12.4. The highest BCUT2D eigenvalue weighted by molar-refractivity contribution is 8.02. The Kier molecular flexibility index (Phi) is 6.31. The summed E-state index contributed by atoms with van der Waals surface area (Å²) in [7, 11) is 1.59. The molecule has 0 aliphatic heterocycles. The second-order valence-electron chi connectivity index (χ2n) is 5.85. The van der Waals surface area contributed by atoms with Crippen LogP contribution in [0.5, 0.6) is 5.75 Å². The summed E-state index contributed by atoms with van der Waals surface area (Å²) in [6.07, 6.45) is 0. The van der Waals surface area contributed by atoms with Crippen molar-refractivity contribution in [3.63, 3.8) is 0 Å². The summed E-state index contributed by atoms with van der Waals surface area (Å²) >= 11 is 2.80. The van der Waals surface area contributed by atoms with Crippen LogP contribution in [0.2, 0.25) is 0 Å². The van der Waals surface area contributed by atoms with Crippen LogP contribution in [-0.2, 0) is 4.79 Å². The number of nitrogens with one attached hydrogen (secondary N) is 2. The molecule has 140 valence electrons. The third-order valence-corrected chi connectivity index (χ3v) is 5.68. The number of aryl methyl sites for hydroxylation is 1. The lowest BCUT2D eigenvalue weighted by Crippen LogP contribution is -2.22. The summed E-state index contributed by atoms with van der Waals surface area (Å²) in [4.78, 5) is 12.4. The lowest BCUT2D eigenvalue weighted by Gasteiger charge is -2.11. The minimum absolute atomic E-state index is 0.100. The van der Waals surface area contributed by atoms with E-state index in [0.29, 0.717) is 16.6 Å². The molecule has 0 spiro atoms. The standard InChI is InChI=1S/C19H20N4O2S2/c1-12-6-4-7-14(10-12)21-18-22-23-19(27-18)26-13(2)17(24)20-15-8-5-9-16(11-15)25-3/h4-11,13H,1-3H3,(H,20,24)(H,21,22)/t13-/m0/s1. The number of rotatable bonds is 7. The van der Waals surface area contributed by atoms with E-state index in [1.165, 1.54) is 28.7 Å². The van der Waals surface area contributed by atoms with Gasteiger partial charge >= 0.3 is 0 Å². The monoisotopic (exact) mass is 400 g/mol. The average molecular weight is 401 g/mol. The van der Waals surface area contributed by atoms with Crippen molar-refractivity contribution in [1.29, 1.82) is 0 Å². The third kappa shape index (κ3) is 5.45. The predicted molar refractivity (Wildman–Crippen MR) is 111 cm³/mol. The normalized spacial score (nSPS) is 11.7. The van der Waals surface area contributed by atoms with Crippen molar-refractivity contribution in [3.05, 3.63) is 54.1 Å². The first-order valence-electron chi connectivity index (χ1n) is 8.32. The van der Waals surface area contributed by atoms with Gasteiger partial charge in [-0.1, -0.05) is 41.3 Å². The smallest absolute Gasteiger partial charge is 0.237 e. The molecule has 3 aromatic rings. The molecular weight excluding hydrogens is 380 g/mol. The maximum Gasteiger partial charge on any atom is 0.237 e. The van der Waals surface area contributed by atoms with E-state index in [1.54, 1.807) is 13.2 Å². The molecular formula is C19H20N4O2S2. The van der Waals surface area contributed by atoms with Crippen LogP contribution in [0.15, 0.2) is 52.9 Å². The Hall–Kier alpha value is -2.58. The number of ether oxygens (including phenoxy) is 1. The number of thioether (sulfide) groups is 1. The lowest BCUT2D eigenvalue weighted by atomic mass is 10.2. The summed E-state index contributed by atoms with van der Waals surface area (Å²) in [6.45, 7) is 3.88. The average Bonchev–Trinajstić information content (AvgIpc) is 3.08. The molecule has 2 N–H and O–H groups in total. The van der Waals surface area contributed by atoms with Gasteiger partial charge in [0.15, 0.2) is 4.34 Å². The largest absolute Gasteiger partial charge is 0.497 e. The number of aromatic nitrogens is 2. The molecule has 1 heterocycles. The van der Waals surface area contributed by atoms with Gasteiger partial charge in [-0.25, -0.2) is 0 Å². The number of hydrogen-bond donors (Lipinski definition) is 2. The molecule has 0 saturated carbocycles. The fourth-order valence-electron chi connectivity index (χ4n) is 2.30. The Morgan fingerprint density at radius 2 is 1.93 bits per heavy atom. The molecule has 3 rings (SSSR count). The quantitative estimate of drug-likeness (QED) is 0.559. The summed E-state index contributed by atoms with van der Waals surface area (Å²) in [6, 6.07) is 15.3. The van der Waals surface area contributed by atoms with Crippen molar-refractivity contribution in [2.24, 2.45) is 0 Å². The topological polar surface area (TPSA) is 76.1 Å². The van der Waals surface area contributed by atoms with Gasteiger partial charge in [-0.2, -0.15) is 0 Å². The molecule has 0 aliphatic carbocycles. The number of nitrogens with zero attached hydrogens (tertiary/aromatic N) is 2. The minimum atomic E-state index is -0.309. The van der Waals surface area contributed by atoms with Gasteiger partial charge in [0.1, 0.15) is 5.75 Å². The van der Waals surface area contributed by atoms with Crippen molar-refractivity contribution in [3.8, 4) is 5.75 Å². The van der Waals surface area contributed by atoms with E-state index in [0.717, 1.165) is 10.0 Å². The molecule has 0 aliphatic rings. The number of methoxy groups -OCH3 is 1. The molecule has 8 heteroatoms. The van der Waals surface area contributed by atoms with Crippen molar-refractivity contribution >= 4 is 45.5 Å². The van der Waals surface area contributed by atoms with Crippen LogP contribution in [0.1, 0.15) is 12.5 Å². The number of anilines is 3. The summed E-state index contributed by atoms with van der Waals surface area (Å²) in [5.41, 5.74) is 2.83. The number of benzene rings is 2. The Bertz CT molecular complexity index is 929. The zero-order valence-corrected chi connectivity index (χ0v) is 16.9. The number of carbonyl (C=O) groups is 1. The molecule has 1 atom stereocenters. The number of carbonyl (C=O) groups excluding carboxylic acids is 1. The van der Waals surface area contributed by atoms with E-state index in [9.17, 15) is 4.79 Å². The molecule has 0 saturated heterocycles. The van der Waals surface area contributed by atoms with Crippen molar-refractivity contribution in [1.82, 2.24) is 10.2 Å². The van der Waals surface area contributed by atoms with E-state index in [-0.39, 0.29) is 11.2 Å². The van der Waals surface area contributed by atoms with E-state index in [4.69, 9.17) is 4.74 Å². The van der Waals surface area contributed by atoms with Crippen LogP contribution in [0.25, 0.3) is 0 Å². The summed E-state index contributed by atoms with van der Waals surface area (Å²) in [5.74, 6) is 0.598. The van der Waals surface area contributed by atoms with E-state index >= 15 is 0 Å². The molecule has 1 amide bonds.